The van der Waals surface area contributed by atoms with Crippen molar-refractivity contribution in [1.82, 2.24) is 20.3 Å². The number of hydrogen-bond acceptors (Lipinski definition) is 3. The van der Waals surface area contributed by atoms with E-state index >= 15 is 0 Å². The summed E-state index contributed by atoms with van der Waals surface area (Å²) >= 11 is 0. The standard InChI is InChI=1S/C21H23BN4O/c1-2-16-7-6-8-17(13-16)14-20(22)23-21(27)11-12-26-15-19(24-25-26)18-9-4-3-5-10-18/h3-10,13,15,20H,2,11-12,14H2,1H3,(H,23,27)/t20-/m0/s1. The summed E-state index contributed by atoms with van der Waals surface area (Å²) in [5, 5.41) is 11.1. The fourth-order valence-corrected chi connectivity index (χ4v) is 2.93. The number of rotatable bonds is 8. The second-order valence-electron chi connectivity index (χ2n) is 6.53. The Kier molecular flexibility index (Phi) is 6.42. The van der Waals surface area contributed by atoms with Crippen LogP contribution in [0, 0.1) is 0 Å². The normalized spacial score (nSPS) is 11.9. The highest BCUT2D eigenvalue weighted by Gasteiger charge is 2.10. The maximum absolute atomic E-state index is 12.2. The molecule has 1 atom stereocenters. The first-order valence-electron chi connectivity index (χ1n) is 9.22. The predicted molar refractivity (Wildman–Crippen MR) is 107 cm³/mol. The van der Waals surface area contributed by atoms with Crippen molar-refractivity contribution in [2.75, 3.05) is 0 Å². The van der Waals surface area contributed by atoms with E-state index in [0.717, 1.165) is 23.2 Å². The predicted octanol–water partition coefficient (Wildman–Crippen LogP) is 2.75. The second kappa shape index (κ2) is 9.17. The lowest BCUT2D eigenvalue weighted by Gasteiger charge is -2.15. The van der Waals surface area contributed by atoms with E-state index in [1.807, 2.05) is 48.7 Å². The van der Waals surface area contributed by atoms with Gasteiger partial charge in [0.2, 0.25) is 5.91 Å². The van der Waals surface area contributed by atoms with Crippen LogP contribution in [-0.2, 0) is 24.2 Å². The molecule has 5 nitrogen and oxygen atoms in total. The topological polar surface area (TPSA) is 59.8 Å². The van der Waals surface area contributed by atoms with Gasteiger partial charge in [-0.15, -0.1) is 5.10 Å². The highest BCUT2D eigenvalue weighted by Crippen LogP contribution is 2.14. The van der Waals surface area contributed by atoms with Gasteiger partial charge >= 0.3 is 0 Å². The van der Waals surface area contributed by atoms with Crippen molar-refractivity contribution >= 4 is 13.8 Å². The SMILES string of the molecule is [B][C@H](Cc1cccc(CC)c1)NC(=O)CCn1cc(-c2ccccc2)nn1. The highest BCUT2D eigenvalue weighted by molar-refractivity contribution is 6.13. The molecule has 3 rings (SSSR count). The Labute approximate surface area is 161 Å². The van der Waals surface area contributed by atoms with Gasteiger partial charge in [-0.3, -0.25) is 9.48 Å². The third-order valence-corrected chi connectivity index (χ3v) is 4.38. The molecule has 0 saturated heterocycles. The molecule has 0 fully saturated rings. The summed E-state index contributed by atoms with van der Waals surface area (Å²) in [6.07, 6.45) is 3.75. The minimum absolute atomic E-state index is 0.0918. The lowest BCUT2D eigenvalue weighted by Crippen LogP contribution is -2.37. The van der Waals surface area contributed by atoms with Gasteiger partial charge in [0.25, 0.3) is 0 Å². The summed E-state index contributed by atoms with van der Waals surface area (Å²) in [6.45, 7) is 2.58. The molecule has 2 radical (unpaired) electrons. The van der Waals surface area contributed by atoms with Crippen LogP contribution in [0.3, 0.4) is 0 Å². The Balaban J connectivity index is 1.47. The zero-order valence-corrected chi connectivity index (χ0v) is 15.5. The van der Waals surface area contributed by atoms with E-state index in [4.69, 9.17) is 7.85 Å². The summed E-state index contributed by atoms with van der Waals surface area (Å²) in [4.78, 5) is 12.2. The molecule has 0 aliphatic rings. The smallest absolute Gasteiger partial charge is 0.221 e. The molecule has 0 spiro atoms. The molecular weight excluding hydrogens is 335 g/mol. The van der Waals surface area contributed by atoms with Crippen molar-refractivity contribution in [2.45, 2.75) is 38.7 Å². The quantitative estimate of drug-likeness (QED) is 0.630. The molecular formula is C21H23BN4O. The fraction of sp³-hybridized carbons (Fsp3) is 0.286. The van der Waals surface area contributed by atoms with Gasteiger partial charge in [-0.05, 0) is 29.9 Å². The number of aromatic nitrogens is 3. The van der Waals surface area contributed by atoms with E-state index < -0.39 is 5.94 Å². The zero-order valence-electron chi connectivity index (χ0n) is 15.5. The van der Waals surface area contributed by atoms with E-state index in [9.17, 15) is 4.79 Å². The van der Waals surface area contributed by atoms with Gasteiger partial charge < -0.3 is 5.32 Å². The number of benzene rings is 2. The highest BCUT2D eigenvalue weighted by atomic mass is 16.1. The van der Waals surface area contributed by atoms with Crippen molar-refractivity contribution in [1.29, 1.82) is 0 Å². The molecule has 0 aliphatic carbocycles. The number of nitrogens with zero attached hydrogens (tertiary/aromatic N) is 3. The van der Waals surface area contributed by atoms with Crippen LogP contribution in [0.1, 0.15) is 24.5 Å². The Hall–Kier alpha value is -2.89. The lowest BCUT2D eigenvalue weighted by atomic mass is 9.89. The molecule has 2 aromatic carbocycles. The average molecular weight is 358 g/mol. The van der Waals surface area contributed by atoms with Gasteiger partial charge in [-0.2, -0.15) is 0 Å². The first-order valence-corrected chi connectivity index (χ1v) is 9.22. The van der Waals surface area contributed by atoms with E-state index in [1.165, 1.54) is 5.56 Å². The minimum Gasteiger partial charge on any atom is -0.362 e. The molecule has 136 valence electrons. The van der Waals surface area contributed by atoms with E-state index in [1.54, 1.807) is 4.68 Å². The van der Waals surface area contributed by atoms with Crippen molar-refractivity contribution < 1.29 is 4.79 Å². The van der Waals surface area contributed by atoms with Crippen LogP contribution in [0.25, 0.3) is 11.3 Å². The van der Waals surface area contributed by atoms with Gasteiger partial charge in [-0.25, -0.2) is 0 Å². The largest absolute Gasteiger partial charge is 0.362 e. The summed E-state index contributed by atoms with van der Waals surface area (Å²) in [6, 6.07) is 18.1. The van der Waals surface area contributed by atoms with Crippen LogP contribution >= 0.6 is 0 Å². The third kappa shape index (κ3) is 5.54. The van der Waals surface area contributed by atoms with E-state index in [-0.39, 0.29) is 5.91 Å². The molecule has 0 saturated carbocycles. The van der Waals surface area contributed by atoms with Gasteiger partial charge in [0.05, 0.1) is 20.6 Å². The molecule has 0 unspecified atom stereocenters. The number of hydrogen-bond donors (Lipinski definition) is 1. The second-order valence-corrected chi connectivity index (χ2v) is 6.53. The maximum Gasteiger partial charge on any atom is 0.221 e. The zero-order chi connectivity index (χ0) is 19.1. The van der Waals surface area contributed by atoms with Crippen LogP contribution in [0.5, 0.6) is 0 Å². The molecule has 3 aromatic rings. The number of carbonyl (C=O) groups excluding carboxylic acids is 1. The Bertz CT molecular complexity index is 879. The van der Waals surface area contributed by atoms with Gasteiger partial charge in [0, 0.05) is 12.0 Å². The number of nitrogens with one attached hydrogen (secondary N) is 1. The van der Waals surface area contributed by atoms with Crippen molar-refractivity contribution in [3.05, 3.63) is 71.9 Å². The Morgan fingerprint density at radius 3 is 2.70 bits per heavy atom. The maximum atomic E-state index is 12.2. The van der Waals surface area contributed by atoms with Crippen LogP contribution in [-0.4, -0.2) is 34.7 Å². The van der Waals surface area contributed by atoms with Gasteiger partial charge in [-0.1, -0.05) is 66.7 Å². The van der Waals surface area contributed by atoms with Crippen LogP contribution in [0.2, 0.25) is 0 Å². The summed E-state index contributed by atoms with van der Waals surface area (Å²) in [5.74, 6) is -0.494. The first-order chi connectivity index (χ1) is 13.1. The van der Waals surface area contributed by atoms with Crippen LogP contribution < -0.4 is 5.32 Å². The number of carbonyl (C=O) groups is 1. The Morgan fingerprint density at radius 1 is 1.15 bits per heavy atom. The lowest BCUT2D eigenvalue weighted by molar-refractivity contribution is -0.121. The first kappa shape index (κ1) is 18.9. The molecule has 1 aromatic heterocycles. The molecule has 1 heterocycles. The number of amides is 1. The fourth-order valence-electron chi connectivity index (χ4n) is 2.93. The van der Waals surface area contributed by atoms with Crippen molar-refractivity contribution in [2.24, 2.45) is 0 Å². The molecule has 27 heavy (non-hydrogen) atoms. The summed E-state index contributed by atoms with van der Waals surface area (Å²) in [5.41, 5.74) is 4.20. The molecule has 0 aliphatic heterocycles. The van der Waals surface area contributed by atoms with Crippen LogP contribution in [0.4, 0.5) is 0 Å². The number of aryl methyl sites for hydroxylation is 2. The summed E-state index contributed by atoms with van der Waals surface area (Å²) < 4.78 is 1.68. The minimum atomic E-state index is -0.403. The molecule has 0 bridgehead atoms. The molecule has 1 N–H and O–H groups in total. The summed E-state index contributed by atoms with van der Waals surface area (Å²) in [7, 11) is 6.08. The van der Waals surface area contributed by atoms with Crippen molar-refractivity contribution in [3.63, 3.8) is 0 Å². The third-order valence-electron chi connectivity index (χ3n) is 4.38. The molecule has 6 heteroatoms. The average Bonchev–Trinajstić information content (AvgIpc) is 3.16. The molecule has 1 amide bonds. The van der Waals surface area contributed by atoms with Crippen molar-refractivity contribution in [3.8, 4) is 11.3 Å². The van der Waals surface area contributed by atoms with E-state index in [0.29, 0.717) is 19.4 Å². The van der Waals surface area contributed by atoms with Gasteiger partial charge in [0.15, 0.2) is 0 Å². The van der Waals surface area contributed by atoms with E-state index in [2.05, 4.69) is 34.7 Å². The van der Waals surface area contributed by atoms with Gasteiger partial charge in [0.1, 0.15) is 5.69 Å². The van der Waals surface area contributed by atoms with Crippen LogP contribution in [0.15, 0.2) is 60.8 Å². The Morgan fingerprint density at radius 2 is 1.93 bits per heavy atom. The monoisotopic (exact) mass is 358 g/mol.